The number of aryl methyl sites for hydroxylation is 1. The number of rotatable bonds is 8. The summed E-state index contributed by atoms with van der Waals surface area (Å²) < 4.78 is 12.7. The van der Waals surface area contributed by atoms with Crippen LogP contribution < -0.4 is 5.32 Å². The lowest BCUT2D eigenvalue weighted by Gasteiger charge is -2.14. The minimum absolute atomic E-state index is 0.207. The Morgan fingerprint density at radius 3 is 3.26 bits per heavy atom. The molecular weight excluding hydrogens is 248 g/mol. The Hall–Kier alpha value is -1.02. The molecule has 0 bridgehead atoms. The topological polar surface area (TPSA) is 81.4 Å². The predicted molar refractivity (Wildman–Crippen MR) is 68.5 cm³/mol. The fourth-order valence-corrected chi connectivity index (χ4v) is 1.99. The van der Waals surface area contributed by atoms with Crippen LogP contribution in [0, 0.1) is 0 Å². The molecule has 0 aliphatic carbocycles. The van der Waals surface area contributed by atoms with Crippen LogP contribution in [0.3, 0.4) is 0 Å². The number of aliphatic hydroxyl groups excluding tert-OH is 1. The fourth-order valence-electron chi connectivity index (χ4n) is 1.99. The molecule has 2 atom stereocenters. The highest BCUT2D eigenvalue weighted by atomic mass is 16.5. The van der Waals surface area contributed by atoms with Crippen molar-refractivity contribution in [3.05, 3.63) is 12.2 Å². The van der Waals surface area contributed by atoms with Crippen molar-refractivity contribution < 1.29 is 14.6 Å². The highest BCUT2D eigenvalue weighted by molar-refractivity contribution is 4.83. The molecule has 1 saturated heterocycles. The van der Waals surface area contributed by atoms with Gasteiger partial charge in [-0.25, -0.2) is 0 Å². The molecule has 1 aliphatic rings. The highest BCUT2D eigenvalue weighted by Gasteiger charge is 2.16. The maximum Gasteiger partial charge on any atom is 0.146 e. The van der Waals surface area contributed by atoms with Crippen molar-refractivity contribution in [1.29, 1.82) is 0 Å². The van der Waals surface area contributed by atoms with E-state index in [1.807, 2.05) is 11.6 Å². The molecular formula is C12H22N4O3. The summed E-state index contributed by atoms with van der Waals surface area (Å²) in [6.45, 7) is 2.78. The van der Waals surface area contributed by atoms with Gasteiger partial charge in [-0.3, -0.25) is 0 Å². The van der Waals surface area contributed by atoms with Crippen LogP contribution >= 0.6 is 0 Å². The van der Waals surface area contributed by atoms with Crippen molar-refractivity contribution in [3.8, 4) is 0 Å². The van der Waals surface area contributed by atoms with Gasteiger partial charge in [0.2, 0.25) is 0 Å². The average molecular weight is 270 g/mol. The zero-order valence-electron chi connectivity index (χ0n) is 11.3. The van der Waals surface area contributed by atoms with Crippen LogP contribution in [0.1, 0.15) is 18.7 Å². The van der Waals surface area contributed by atoms with Gasteiger partial charge >= 0.3 is 0 Å². The van der Waals surface area contributed by atoms with Crippen molar-refractivity contribution >= 4 is 0 Å². The molecule has 0 spiro atoms. The molecule has 0 aromatic carbocycles. The normalized spacial score (nSPS) is 20.8. The molecule has 2 unspecified atom stereocenters. The summed E-state index contributed by atoms with van der Waals surface area (Å²) in [6.07, 6.45) is 3.50. The molecule has 1 aromatic rings. The Bertz CT molecular complexity index is 366. The molecule has 2 rings (SSSR count). The Balaban J connectivity index is 1.52. The quantitative estimate of drug-likeness (QED) is 0.660. The Labute approximate surface area is 112 Å². The average Bonchev–Trinajstić information content (AvgIpc) is 3.02. The maximum atomic E-state index is 9.75. The summed E-state index contributed by atoms with van der Waals surface area (Å²) in [4.78, 5) is 0. The van der Waals surface area contributed by atoms with Gasteiger partial charge in [0.25, 0.3) is 0 Å². The lowest BCUT2D eigenvalue weighted by Crippen LogP contribution is -2.31. The van der Waals surface area contributed by atoms with Gasteiger partial charge in [-0.15, -0.1) is 10.2 Å². The molecule has 2 N–H and O–H groups in total. The zero-order chi connectivity index (χ0) is 13.5. The third kappa shape index (κ3) is 4.87. The summed E-state index contributed by atoms with van der Waals surface area (Å²) in [6, 6.07) is 0. The van der Waals surface area contributed by atoms with Crippen molar-refractivity contribution in [3.63, 3.8) is 0 Å². The molecule has 7 heteroatoms. The highest BCUT2D eigenvalue weighted by Crippen LogP contribution is 2.11. The van der Waals surface area contributed by atoms with E-state index in [1.54, 1.807) is 6.33 Å². The third-order valence-electron chi connectivity index (χ3n) is 3.11. The monoisotopic (exact) mass is 270 g/mol. The number of aliphatic hydroxyl groups is 1. The Kier molecular flexibility index (Phi) is 5.71. The lowest BCUT2D eigenvalue weighted by molar-refractivity contribution is -0.0165. The summed E-state index contributed by atoms with van der Waals surface area (Å²) >= 11 is 0. The fraction of sp³-hybridized carbons (Fsp3) is 0.833. The first-order valence-corrected chi connectivity index (χ1v) is 6.66. The molecule has 2 heterocycles. The number of aromatic nitrogens is 3. The number of hydrogen-bond donors (Lipinski definition) is 2. The third-order valence-corrected chi connectivity index (χ3v) is 3.11. The van der Waals surface area contributed by atoms with Crippen molar-refractivity contribution in [2.24, 2.45) is 7.05 Å². The largest absolute Gasteiger partial charge is 0.389 e. The summed E-state index contributed by atoms with van der Waals surface area (Å²) in [5.74, 6) is 0.840. The van der Waals surface area contributed by atoms with Crippen LogP contribution in [0.25, 0.3) is 0 Å². The SMILES string of the molecule is Cn1cnnc1CNCC(O)COCC1CCCO1. The molecule has 1 aliphatic heterocycles. The van der Waals surface area contributed by atoms with E-state index in [2.05, 4.69) is 15.5 Å². The van der Waals surface area contributed by atoms with Crippen LogP contribution in [-0.4, -0.2) is 58.4 Å². The summed E-state index contributed by atoms with van der Waals surface area (Å²) in [5, 5.41) is 20.6. The van der Waals surface area contributed by atoms with Gasteiger partial charge in [-0.05, 0) is 12.8 Å². The Morgan fingerprint density at radius 2 is 2.58 bits per heavy atom. The van der Waals surface area contributed by atoms with Gasteiger partial charge in [0.05, 0.1) is 32.0 Å². The molecule has 0 saturated carbocycles. The van der Waals surface area contributed by atoms with Crippen LogP contribution in [0.4, 0.5) is 0 Å². The minimum atomic E-state index is -0.519. The van der Waals surface area contributed by atoms with Crippen molar-refractivity contribution in [1.82, 2.24) is 20.1 Å². The lowest BCUT2D eigenvalue weighted by atomic mass is 10.2. The van der Waals surface area contributed by atoms with Gasteiger partial charge in [-0.1, -0.05) is 0 Å². The van der Waals surface area contributed by atoms with Gasteiger partial charge in [0.15, 0.2) is 0 Å². The van der Waals surface area contributed by atoms with E-state index in [0.717, 1.165) is 25.3 Å². The second-order valence-electron chi connectivity index (χ2n) is 4.82. The van der Waals surface area contributed by atoms with Crippen molar-refractivity contribution in [2.75, 3.05) is 26.4 Å². The molecule has 19 heavy (non-hydrogen) atoms. The smallest absolute Gasteiger partial charge is 0.146 e. The zero-order valence-corrected chi connectivity index (χ0v) is 11.3. The van der Waals surface area contributed by atoms with E-state index in [0.29, 0.717) is 26.3 Å². The predicted octanol–water partition coefficient (Wildman–Crippen LogP) is -0.539. The molecule has 7 nitrogen and oxygen atoms in total. The van der Waals surface area contributed by atoms with E-state index in [9.17, 15) is 5.11 Å². The van der Waals surface area contributed by atoms with E-state index in [-0.39, 0.29) is 6.10 Å². The summed E-state index contributed by atoms with van der Waals surface area (Å²) in [5.41, 5.74) is 0. The second-order valence-corrected chi connectivity index (χ2v) is 4.82. The first-order valence-electron chi connectivity index (χ1n) is 6.66. The second kappa shape index (κ2) is 7.54. The minimum Gasteiger partial charge on any atom is -0.389 e. The van der Waals surface area contributed by atoms with Gasteiger partial charge in [0.1, 0.15) is 12.2 Å². The Morgan fingerprint density at radius 1 is 1.68 bits per heavy atom. The van der Waals surface area contributed by atoms with Crippen LogP contribution in [0.5, 0.6) is 0 Å². The molecule has 1 aromatic heterocycles. The maximum absolute atomic E-state index is 9.75. The molecule has 1 fully saturated rings. The van der Waals surface area contributed by atoms with E-state index in [4.69, 9.17) is 9.47 Å². The van der Waals surface area contributed by atoms with Gasteiger partial charge in [0, 0.05) is 20.2 Å². The summed E-state index contributed by atoms with van der Waals surface area (Å²) in [7, 11) is 1.89. The van der Waals surface area contributed by atoms with Crippen LogP contribution in [0.15, 0.2) is 6.33 Å². The molecule has 108 valence electrons. The van der Waals surface area contributed by atoms with E-state index < -0.39 is 6.10 Å². The van der Waals surface area contributed by atoms with Crippen LogP contribution in [-0.2, 0) is 23.1 Å². The standard InChI is InChI=1S/C12H22N4O3/c1-16-9-14-15-12(16)6-13-5-10(17)7-18-8-11-3-2-4-19-11/h9-11,13,17H,2-8H2,1H3. The van der Waals surface area contributed by atoms with Crippen molar-refractivity contribution in [2.45, 2.75) is 31.6 Å². The number of nitrogens with zero attached hydrogens (tertiary/aromatic N) is 3. The number of nitrogens with one attached hydrogen (secondary N) is 1. The van der Waals surface area contributed by atoms with Crippen LogP contribution in [0.2, 0.25) is 0 Å². The van der Waals surface area contributed by atoms with Gasteiger partial charge in [-0.2, -0.15) is 0 Å². The number of ether oxygens (including phenoxy) is 2. The van der Waals surface area contributed by atoms with E-state index >= 15 is 0 Å². The first kappa shape index (κ1) is 14.4. The van der Waals surface area contributed by atoms with E-state index in [1.165, 1.54) is 0 Å². The molecule has 0 radical (unpaired) electrons. The number of hydrogen-bond acceptors (Lipinski definition) is 6. The first-order chi connectivity index (χ1) is 9.25. The molecule has 0 amide bonds. The van der Waals surface area contributed by atoms with Gasteiger partial charge < -0.3 is 24.5 Å².